The molecule has 1 aromatic carbocycles. The van der Waals surface area contributed by atoms with Crippen molar-refractivity contribution in [3.63, 3.8) is 0 Å². The molecule has 106 valence electrons. The molecule has 0 radical (unpaired) electrons. The number of aryl methyl sites for hydroxylation is 1. The minimum atomic E-state index is -0.129. The van der Waals surface area contributed by atoms with Gasteiger partial charge in [-0.2, -0.15) is 0 Å². The Labute approximate surface area is 138 Å². The van der Waals surface area contributed by atoms with Crippen molar-refractivity contribution < 1.29 is 9.53 Å². The Morgan fingerprint density at radius 1 is 1.30 bits per heavy atom. The zero-order chi connectivity index (χ0) is 14.9. The van der Waals surface area contributed by atoms with E-state index >= 15 is 0 Å². The number of rotatable bonds is 3. The molecule has 3 nitrogen and oxygen atoms in total. The maximum Gasteiger partial charge on any atom is 0.265 e. The molecule has 0 aliphatic carbocycles. The molecule has 0 fully saturated rings. The highest BCUT2D eigenvalue weighted by Gasteiger charge is 2.15. The van der Waals surface area contributed by atoms with Gasteiger partial charge in [-0.1, -0.05) is 6.07 Å². The number of ether oxygens (including phenoxy) is 1. The molecule has 0 aliphatic rings. The fourth-order valence-electron chi connectivity index (χ4n) is 1.92. The fraction of sp³-hybridized carbons (Fsp3) is 0.214. The van der Waals surface area contributed by atoms with Crippen molar-refractivity contribution in [3.8, 4) is 5.75 Å². The average Bonchev–Trinajstić information content (AvgIpc) is 2.74. The SMILES string of the molecule is COc1c(C)ccc(NC(=O)c2cc(Br)c(Br)s2)c1C. The molecular weight excluding hydrogens is 406 g/mol. The van der Waals surface area contributed by atoms with Gasteiger partial charge in [0, 0.05) is 15.7 Å². The Morgan fingerprint density at radius 2 is 2.00 bits per heavy atom. The van der Waals surface area contributed by atoms with E-state index in [-0.39, 0.29) is 5.91 Å². The zero-order valence-corrected chi connectivity index (χ0v) is 15.2. The minimum Gasteiger partial charge on any atom is -0.496 e. The summed E-state index contributed by atoms with van der Waals surface area (Å²) in [7, 11) is 1.63. The molecule has 0 spiro atoms. The second kappa shape index (κ2) is 6.28. The first-order chi connectivity index (χ1) is 9.43. The molecule has 1 amide bonds. The molecule has 1 heterocycles. The van der Waals surface area contributed by atoms with Crippen LogP contribution in [0.5, 0.6) is 5.75 Å². The van der Waals surface area contributed by atoms with Gasteiger partial charge in [-0.05, 0) is 63.4 Å². The van der Waals surface area contributed by atoms with Crippen LogP contribution in [0, 0.1) is 13.8 Å². The summed E-state index contributed by atoms with van der Waals surface area (Å²) in [5.74, 6) is 0.673. The van der Waals surface area contributed by atoms with E-state index in [1.165, 1.54) is 11.3 Å². The quantitative estimate of drug-likeness (QED) is 0.748. The van der Waals surface area contributed by atoms with Crippen LogP contribution < -0.4 is 10.1 Å². The van der Waals surface area contributed by atoms with E-state index in [0.717, 1.165) is 30.8 Å². The number of hydrogen-bond acceptors (Lipinski definition) is 3. The lowest BCUT2D eigenvalue weighted by Gasteiger charge is -2.13. The molecule has 0 unspecified atom stereocenters. The first-order valence-electron chi connectivity index (χ1n) is 5.84. The van der Waals surface area contributed by atoms with Crippen LogP contribution in [0.3, 0.4) is 0 Å². The molecule has 0 bridgehead atoms. The summed E-state index contributed by atoms with van der Waals surface area (Å²) in [5, 5.41) is 2.92. The van der Waals surface area contributed by atoms with Gasteiger partial charge in [0.25, 0.3) is 5.91 Å². The molecule has 1 N–H and O–H groups in total. The first kappa shape index (κ1) is 15.5. The van der Waals surface area contributed by atoms with Gasteiger partial charge in [0.15, 0.2) is 0 Å². The lowest BCUT2D eigenvalue weighted by Crippen LogP contribution is -2.11. The second-order valence-corrected chi connectivity index (χ2v) is 7.50. The second-order valence-electron chi connectivity index (χ2n) is 4.27. The van der Waals surface area contributed by atoms with Crippen LogP contribution in [0.1, 0.15) is 20.8 Å². The van der Waals surface area contributed by atoms with Crippen LogP contribution in [0.2, 0.25) is 0 Å². The van der Waals surface area contributed by atoms with E-state index in [9.17, 15) is 4.79 Å². The summed E-state index contributed by atoms with van der Waals surface area (Å²) < 4.78 is 7.15. The van der Waals surface area contributed by atoms with Gasteiger partial charge in [-0.3, -0.25) is 4.79 Å². The molecule has 2 aromatic rings. The Balaban J connectivity index is 2.28. The number of carbonyl (C=O) groups excluding carboxylic acids is 1. The normalized spacial score (nSPS) is 10.4. The van der Waals surface area contributed by atoms with Crippen molar-refractivity contribution in [3.05, 3.63) is 42.5 Å². The predicted molar refractivity (Wildman–Crippen MR) is 90.1 cm³/mol. The molecule has 0 atom stereocenters. The summed E-state index contributed by atoms with van der Waals surface area (Å²) >= 11 is 8.16. The van der Waals surface area contributed by atoms with Gasteiger partial charge >= 0.3 is 0 Å². The number of nitrogens with one attached hydrogen (secondary N) is 1. The van der Waals surface area contributed by atoms with E-state index in [4.69, 9.17) is 4.74 Å². The highest BCUT2D eigenvalue weighted by molar-refractivity contribution is 9.13. The highest BCUT2D eigenvalue weighted by Crippen LogP contribution is 2.34. The maximum absolute atomic E-state index is 12.2. The lowest BCUT2D eigenvalue weighted by atomic mass is 10.1. The minimum absolute atomic E-state index is 0.129. The Hall–Kier alpha value is -0.850. The van der Waals surface area contributed by atoms with Gasteiger partial charge in [0.05, 0.1) is 15.8 Å². The number of carbonyl (C=O) groups is 1. The third kappa shape index (κ3) is 3.07. The molecule has 0 saturated heterocycles. The number of hydrogen-bond donors (Lipinski definition) is 1. The van der Waals surface area contributed by atoms with Gasteiger partial charge in [-0.15, -0.1) is 11.3 Å². The summed E-state index contributed by atoms with van der Waals surface area (Å²) in [6, 6.07) is 5.62. The van der Waals surface area contributed by atoms with E-state index in [0.29, 0.717) is 4.88 Å². The van der Waals surface area contributed by atoms with E-state index in [2.05, 4.69) is 37.2 Å². The van der Waals surface area contributed by atoms with Crippen LogP contribution in [0.25, 0.3) is 0 Å². The van der Waals surface area contributed by atoms with Crippen LogP contribution >= 0.6 is 43.2 Å². The van der Waals surface area contributed by atoms with Crippen molar-refractivity contribution in [1.82, 2.24) is 0 Å². The van der Waals surface area contributed by atoms with E-state index in [1.807, 2.05) is 26.0 Å². The molecule has 0 saturated carbocycles. The van der Waals surface area contributed by atoms with Crippen molar-refractivity contribution >= 4 is 54.8 Å². The van der Waals surface area contributed by atoms with Crippen LogP contribution in [0.4, 0.5) is 5.69 Å². The Bertz CT molecular complexity index is 648. The maximum atomic E-state index is 12.2. The van der Waals surface area contributed by atoms with Gasteiger partial charge < -0.3 is 10.1 Å². The molecule has 0 aliphatic heterocycles. The summed E-state index contributed by atoms with van der Waals surface area (Å²) in [6.45, 7) is 3.91. The zero-order valence-electron chi connectivity index (χ0n) is 11.2. The molecule has 2 rings (SSSR count). The molecular formula is C14H13Br2NO2S. The summed E-state index contributed by atoms with van der Waals surface area (Å²) in [5.41, 5.74) is 2.73. The third-order valence-corrected chi connectivity index (χ3v) is 6.18. The Kier molecular flexibility index (Phi) is 4.88. The largest absolute Gasteiger partial charge is 0.496 e. The van der Waals surface area contributed by atoms with Gasteiger partial charge in [-0.25, -0.2) is 0 Å². The van der Waals surface area contributed by atoms with E-state index < -0.39 is 0 Å². The summed E-state index contributed by atoms with van der Waals surface area (Å²) in [4.78, 5) is 12.9. The number of amides is 1. The molecule has 20 heavy (non-hydrogen) atoms. The number of benzene rings is 1. The monoisotopic (exact) mass is 417 g/mol. The third-order valence-electron chi connectivity index (χ3n) is 2.92. The van der Waals surface area contributed by atoms with Crippen LogP contribution in [0.15, 0.2) is 26.5 Å². The number of thiophene rings is 1. The predicted octanol–water partition coefficient (Wildman–Crippen LogP) is 5.15. The molecule has 1 aromatic heterocycles. The van der Waals surface area contributed by atoms with Gasteiger partial charge in [0.2, 0.25) is 0 Å². The molecule has 6 heteroatoms. The highest BCUT2D eigenvalue weighted by atomic mass is 79.9. The van der Waals surface area contributed by atoms with Crippen LogP contribution in [-0.4, -0.2) is 13.0 Å². The van der Waals surface area contributed by atoms with E-state index in [1.54, 1.807) is 13.2 Å². The van der Waals surface area contributed by atoms with Crippen molar-refractivity contribution in [2.24, 2.45) is 0 Å². The standard InChI is InChI=1S/C14H13Br2NO2S/c1-7-4-5-10(8(2)12(7)19-3)17-14(18)11-6-9(15)13(16)20-11/h4-6H,1-3H3,(H,17,18). The smallest absolute Gasteiger partial charge is 0.265 e. The first-order valence-corrected chi connectivity index (χ1v) is 8.24. The van der Waals surface area contributed by atoms with Crippen molar-refractivity contribution in [2.45, 2.75) is 13.8 Å². The fourth-order valence-corrected chi connectivity index (χ4v) is 3.85. The average molecular weight is 419 g/mol. The van der Waals surface area contributed by atoms with Gasteiger partial charge in [0.1, 0.15) is 5.75 Å². The van der Waals surface area contributed by atoms with Crippen molar-refractivity contribution in [1.29, 1.82) is 0 Å². The van der Waals surface area contributed by atoms with Crippen molar-refractivity contribution in [2.75, 3.05) is 12.4 Å². The number of anilines is 1. The number of methoxy groups -OCH3 is 1. The summed E-state index contributed by atoms with van der Waals surface area (Å²) in [6.07, 6.45) is 0. The topological polar surface area (TPSA) is 38.3 Å². The number of halogens is 2. The lowest BCUT2D eigenvalue weighted by molar-refractivity contribution is 0.103. The Morgan fingerprint density at radius 3 is 2.55 bits per heavy atom. The van der Waals surface area contributed by atoms with Crippen LogP contribution in [-0.2, 0) is 0 Å².